The Hall–Kier alpha value is -4.72. The summed E-state index contributed by atoms with van der Waals surface area (Å²) < 4.78 is 5.21. The Bertz CT molecular complexity index is 1120. The Morgan fingerprint density at radius 3 is 1.85 bits per heavy atom. The third-order valence-corrected chi connectivity index (χ3v) is 4.37. The van der Waals surface area contributed by atoms with Gasteiger partial charge < -0.3 is 15.2 Å². The van der Waals surface area contributed by atoms with Crippen LogP contribution in [0.4, 0.5) is 17.1 Å². The molecule has 8 heteroatoms. The molecule has 0 radical (unpaired) electrons. The van der Waals surface area contributed by atoms with E-state index in [0.29, 0.717) is 23.1 Å². The average molecular weight is 444 g/mol. The number of hydrogen-bond donors (Lipinski definition) is 2. The van der Waals surface area contributed by atoms with E-state index in [1.165, 1.54) is 29.2 Å². The van der Waals surface area contributed by atoms with Crippen LogP contribution in [-0.4, -0.2) is 35.5 Å². The molecule has 8 nitrogen and oxygen atoms in total. The molecule has 0 atom stereocenters. The fourth-order valence-corrected chi connectivity index (χ4v) is 2.89. The minimum Gasteiger partial charge on any atom is -0.478 e. The molecule has 0 bridgehead atoms. The van der Waals surface area contributed by atoms with E-state index in [9.17, 15) is 19.2 Å². The summed E-state index contributed by atoms with van der Waals surface area (Å²) in [5, 5.41) is 11.0. The predicted octanol–water partition coefficient (Wildman–Crippen LogP) is 3.79. The highest BCUT2D eigenvalue weighted by molar-refractivity contribution is 6.03. The van der Waals surface area contributed by atoms with Crippen molar-refractivity contribution >= 4 is 40.8 Å². The summed E-state index contributed by atoms with van der Waals surface area (Å²) in [5.41, 5.74) is 1.83. The summed E-state index contributed by atoms with van der Waals surface area (Å²) in [6, 6.07) is 23.8. The van der Waals surface area contributed by atoms with Gasteiger partial charge in [0.1, 0.15) is 0 Å². The van der Waals surface area contributed by atoms with Crippen molar-refractivity contribution in [2.75, 3.05) is 16.8 Å². The van der Waals surface area contributed by atoms with Gasteiger partial charge in [-0.05, 0) is 48.5 Å². The predicted molar refractivity (Wildman–Crippen MR) is 122 cm³/mol. The molecule has 0 saturated heterocycles. The van der Waals surface area contributed by atoms with Gasteiger partial charge in [-0.25, -0.2) is 9.59 Å². The molecule has 3 aromatic rings. The van der Waals surface area contributed by atoms with Crippen LogP contribution in [0, 0.1) is 0 Å². The SMILES string of the molecule is O=C(O)/C=C/C(=O)Nc1ccc(C(=O)OCC(=O)N(c2ccccc2)c2ccccc2)cc1. The molecular weight excluding hydrogens is 424 g/mol. The molecule has 166 valence electrons. The molecule has 0 aliphatic rings. The van der Waals surface area contributed by atoms with Crippen molar-refractivity contribution in [3.05, 3.63) is 103 Å². The number of carbonyl (C=O) groups excluding carboxylic acids is 3. The average Bonchev–Trinajstić information content (AvgIpc) is 2.83. The van der Waals surface area contributed by atoms with E-state index in [1.807, 2.05) is 36.4 Å². The van der Waals surface area contributed by atoms with E-state index in [-0.39, 0.29) is 5.56 Å². The summed E-state index contributed by atoms with van der Waals surface area (Å²) in [5.74, 6) is -2.99. The van der Waals surface area contributed by atoms with Gasteiger partial charge in [-0.1, -0.05) is 36.4 Å². The molecule has 2 amide bonds. The molecule has 3 rings (SSSR count). The third kappa shape index (κ3) is 6.63. The number of nitrogens with one attached hydrogen (secondary N) is 1. The summed E-state index contributed by atoms with van der Waals surface area (Å²) in [7, 11) is 0. The molecule has 3 aromatic carbocycles. The number of ether oxygens (including phenoxy) is 1. The molecule has 0 unspecified atom stereocenters. The lowest BCUT2D eigenvalue weighted by Gasteiger charge is -2.22. The van der Waals surface area contributed by atoms with Crippen LogP contribution in [0.1, 0.15) is 10.4 Å². The van der Waals surface area contributed by atoms with Crippen molar-refractivity contribution in [3.63, 3.8) is 0 Å². The second-order valence-electron chi connectivity index (χ2n) is 6.71. The highest BCUT2D eigenvalue weighted by Crippen LogP contribution is 2.25. The Labute approximate surface area is 189 Å². The van der Waals surface area contributed by atoms with Gasteiger partial charge in [0, 0.05) is 29.2 Å². The quantitative estimate of drug-likeness (QED) is 0.404. The maximum Gasteiger partial charge on any atom is 0.338 e. The number of carboxylic acid groups (broad SMARTS) is 1. The summed E-state index contributed by atoms with van der Waals surface area (Å²) >= 11 is 0. The van der Waals surface area contributed by atoms with Crippen molar-refractivity contribution in [1.82, 2.24) is 0 Å². The first-order chi connectivity index (χ1) is 15.9. The number of nitrogens with zero attached hydrogens (tertiary/aromatic N) is 1. The van der Waals surface area contributed by atoms with Crippen LogP contribution >= 0.6 is 0 Å². The van der Waals surface area contributed by atoms with Gasteiger partial charge in [0.15, 0.2) is 6.61 Å². The fourth-order valence-electron chi connectivity index (χ4n) is 2.89. The minimum absolute atomic E-state index is 0.188. The van der Waals surface area contributed by atoms with E-state index in [4.69, 9.17) is 9.84 Å². The van der Waals surface area contributed by atoms with Crippen molar-refractivity contribution in [2.45, 2.75) is 0 Å². The lowest BCUT2D eigenvalue weighted by molar-refractivity contribution is -0.131. The highest BCUT2D eigenvalue weighted by atomic mass is 16.5. The number of benzene rings is 3. The van der Waals surface area contributed by atoms with Gasteiger partial charge in [0.05, 0.1) is 5.56 Å². The fraction of sp³-hybridized carbons (Fsp3) is 0.0400. The van der Waals surface area contributed by atoms with Crippen LogP contribution in [0.3, 0.4) is 0 Å². The first-order valence-corrected chi connectivity index (χ1v) is 9.86. The maximum atomic E-state index is 12.9. The smallest absolute Gasteiger partial charge is 0.338 e. The Kier molecular flexibility index (Phi) is 7.69. The molecular formula is C25H20N2O6. The number of aliphatic carboxylic acids is 1. The van der Waals surface area contributed by atoms with E-state index in [1.54, 1.807) is 24.3 Å². The number of para-hydroxylation sites is 2. The Balaban J connectivity index is 1.63. The molecule has 2 N–H and O–H groups in total. The van der Waals surface area contributed by atoms with E-state index in [0.717, 1.165) is 6.08 Å². The normalized spacial score (nSPS) is 10.4. The Morgan fingerprint density at radius 2 is 1.33 bits per heavy atom. The van der Waals surface area contributed by atoms with Gasteiger partial charge in [-0.2, -0.15) is 0 Å². The standard InChI is InChI=1S/C25H20N2O6/c28-22(15-16-24(30)31)26-19-13-11-18(12-14-19)25(32)33-17-23(29)27(20-7-3-1-4-8-20)21-9-5-2-6-10-21/h1-16H,17H2,(H,26,28)(H,30,31)/b16-15+. The maximum absolute atomic E-state index is 12.9. The van der Waals surface area contributed by atoms with Gasteiger partial charge >= 0.3 is 11.9 Å². The van der Waals surface area contributed by atoms with E-state index < -0.39 is 30.4 Å². The van der Waals surface area contributed by atoms with Crippen LogP contribution in [0.25, 0.3) is 0 Å². The topological polar surface area (TPSA) is 113 Å². The number of esters is 1. The van der Waals surface area contributed by atoms with Gasteiger partial charge in [0.25, 0.3) is 5.91 Å². The number of carboxylic acids is 1. The zero-order valence-electron chi connectivity index (χ0n) is 17.4. The van der Waals surface area contributed by atoms with Crippen molar-refractivity contribution < 1.29 is 29.0 Å². The number of carbonyl (C=O) groups is 4. The Morgan fingerprint density at radius 1 is 0.788 bits per heavy atom. The molecule has 0 aliphatic carbocycles. The number of rotatable bonds is 8. The van der Waals surface area contributed by atoms with Crippen LogP contribution < -0.4 is 10.2 Å². The molecule has 33 heavy (non-hydrogen) atoms. The second kappa shape index (κ2) is 11.1. The van der Waals surface area contributed by atoms with Gasteiger partial charge in [-0.15, -0.1) is 0 Å². The monoisotopic (exact) mass is 444 g/mol. The second-order valence-corrected chi connectivity index (χ2v) is 6.71. The molecule has 0 fully saturated rings. The molecule has 0 saturated carbocycles. The van der Waals surface area contributed by atoms with Crippen molar-refractivity contribution in [3.8, 4) is 0 Å². The zero-order valence-corrected chi connectivity index (χ0v) is 17.4. The van der Waals surface area contributed by atoms with E-state index in [2.05, 4.69) is 5.32 Å². The first-order valence-electron chi connectivity index (χ1n) is 9.86. The lowest BCUT2D eigenvalue weighted by atomic mass is 10.2. The molecule has 0 spiro atoms. The van der Waals surface area contributed by atoms with Crippen LogP contribution in [0.5, 0.6) is 0 Å². The lowest BCUT2D eigenvalue weighted by Crippen LogP contribution is -2.30. The van der Waals surface area contributed by atoms with Crippen LogP contribution in [-0.2, 0) is 19.1 Å². The summed E-state index contributed by atoms with van der Waals surface area (Å²) in [6.07, 6.45) is 1.59. The third-order valence-electron chi connectivity index (χ3n) is 4.37. The largest absolute Gasteiger partial charge is 0.478 e. The number of hydrogen-bond acceptors (Lipinski definition) is 5. The zero-order chi connectivity index (χ0) is 23.6. The number of anilines is 3. The molecule has 0 aliphatic heterocycles. The van der Waals surface area contributed by atoms with Crippen LogP contribution in [0.2, 0.25) is 0 Å². The molecule has 0 heterocycles. The van der Waals surface area contributed by atoms with Gasteiger partial charge in [-0.3, -0.25) is 14.5 Å². The molecule has 0 aromatic heterocycles. The van der Waals surface area contributed by atoms with Crippen molar-refractivity contribution in [2.24, 2.45) is 0 Å². The van der Waals surface area contributed by atoms with Crippen molar-refractivity contribution in [1.29, 1.82) is 0 Å². The van der Waals surface area contributed by atoms with Gasteiger partial charge in [0.2, 0.25) is 5.91 Å². The van der Waals surface area contributed by atoms with Crippen LogP contribution in [0.15, 0.2) is 97.1 Å². The summed E-state index contributed by atoms with van der Waals surface area (Å²) in [6.45, 7) is -0.471. The minimum atomic E-state index is -1.24. The summed E-state index contributed by atoms with van der Waals surface area (Å²) in [4.78, 5) is 48.8. The van der Waals surface area contributed by atoms with E-state index >= 15 is 0 Å². The number of amides is 2. The highest BCUT2D eigenvalue weighted by Gasteiger charge is 2.20. The first kappa shape index (κ1) is 23.0.